The summed E-state index contributed by atoms with van der Waals surface area (Å²) in [5.74, 6) is -0.271. The van der Waals surface area contributed by atoms with E-state index >= 15 is 0 Å². The second-order valence-electron chi connectivity index (χ2n) is 4.71. The second kappa shape index (κ2) is 5.85. The first kappa shape index (κ1) is 14.5. The Balaban J connectivity index is 3.25. The van der Waals surface area contributed by atoms with Crippen LogP contribution >= 0.6 is 0 Å². The minimum atomic E-state index is -0.271. The first-order chi connectivity index (χ1) is 8.38. The summed E-state index contributed by atoms with van der Waals surface area (Å²) < 4.78 is 4.95. The standard InChI is InChI=1S/C16H22O2/c1-7-18-15(17)9-12(4)16-11(3)8-10(2)13(5)14(16)6/h8-9H,7H2,1-6H3/b12-9+. The average Bonchev–Trinajstić information content (AvgIpc) is 2.26. The summed E-state index contributed by atoms with van der Waals surface area (Å²) in [4.78, 5) is 11.5. The maximum Gasteiger partial charge on any atom is 0.331 e. The molecule has 2 heteroatoms. The summed E-state index contributed by atoms with van der Waals surface area (Å²) in [6.45, 7) is 12.6. The number of allylic oxidation sites excluding steroid dienone is 1. The van der Waals surface area contributed by atoms with Gasteiger partial charge in [-0.15, -0.1) is 0 Å². The highest BCUT2D eigenvalue weighted by atomic mass is 16.5. The fourth-order valence-electron chi connectivity index (χ4n) is 2.32. The van der Waals surface area contributed by atoms with Crippen LogP contribution in [0.5, 0.6) is 0 Å². The van der Waals surface area contributed by atoms with Gasteiger partial charge in [0, 0.05) is 6.08 Å². The second-order valence-corrected chi connectivity index (χ2v) is 4.71. The number of esters is 1. The molecular weight excluding hydrogens is 224 g/mol. The van der Waals surface area contributed by atoms with Crippen LogP contribution in [0.3, 0.4) is 0 Å². The molecule has 2 nitrogen and oxygen atoms in total. The Morgan fingerprint density at radius 3 is 2.33 bits per heavy atom. The molecule has 0 aliphatic carbocycles. The summed E-state index contributed by atoms with van der Waals surface area (Å²) in [5, 5.41) is 0. The van der Waals surface area contributed by atoms with Gasteiger partial charge in [0.25, 0.3) is 0 Å². The molecule has 0 heterocycles. The number of carbonyl (C=O) groups is 1. The van der Waals surface area contributed by atoms with Crippen molar-refractivity contribution in [2.75, 3.05) is 6.61 Å². The summed E-state index contributed by atoms with van der Waals surface area (Å²) in [5.41, 5.74) is 7.14. The highest BCUT2D eigenvalue weighted by Gasteiger charge is 2.10. The van der Waals surface area contributed by atoms with Gasteiger partial charge in [-0.3, -0.25) is 0 Å². The lowest BCUT2D eigenvalue weighted by Crippen LogP contribution is -2.02. The molecule has 0 radical (unpaired) electrons. The lowest BCUT2D eigenvalue weighted by molar-refractivity contribution is -0.137. The van der Waals surface area contributed by atoms with Crippen LogP contribution in [-0.4, -0.2) is 12.6 Å². The van der Waals surface area contributed by atoms with Crippen molar-refractivity contribution in [2.45, 2.75) is 41.5 Å². The number of hydrogen-bond acceptors (Lipinski definition) is 2. The van der Waals surface area contributed by atoms with Crippen molar-refractivity contribution in [3.8, 4) is 0 Å². The molecule has 0 saturated carbocycles. The number of hydrogen-bond donors (Lipinski definition) is 0. The number of ether oxygens (including phenoxy) is 1. The molecule has 0 fully saturated rings. The van der Waals surface area contributed by atoms with Gasteiger partial charge in [-0.05, 0) is 74.9 Å². The molecule has 1 aromatic carbocycles. The van der Waals surface area contributed by atoms with Gasteiger partial charge in [0.2, 0.25) is 0 Å². The van der Waals surface area contributed by atoms with Crippen LogP contribution in [0.2, 0.25) is 0 Å². The first-order valence-corrected chi connectivity index (χ1v) is 6.31. The molecule has 1 rings (SSSR count). The predicted octanol–water partition coefficient (Wildman–Crippen LogP) is 3.89. The van der Waals surface area contributed by atoms with Crippen LogP contribution in [0.25, 0.3) is 5.57 Å². The van der Waals surface area contributed by atoms with Crippen molar-refractivity contribution >= 4 is 11.5 Å². The lowest BCUT2D eigenvalue weighted by atomic mass is 9.90. The van der Waals surface area contributed by atoms with Crippen molar-refractivity contribution in [1.82, 2.24) is 0 Å². The van der Waals surface area contributed by atoms with Gasteiger partial charge in [-0.1, -0.05) is 6.07 Å². The summed E-state index contributed by atoms with van der Waals surface area (Å²) in [6, 6.07) is 2.17. The quantitative estimate of drug-likeness (QED) is 0.597. The van der Waals surface area contributed by atoms with E-state index in [-0.39, 0.29) is 5.97 Å². The highest BCUT2D eigenvalue weighted by Crippen LogP contribution is 2.27. The van der Waals surface area contributed by atoms with Crippen molar-refractivity contribution in [2.24, 2.45) is 0 Å². The zero-order chi connectivity index (χ0) is 13.9. The maximum atomic E-state index is 11.5. The molecule has 18 heavy (non-hydrogen) atoms. The molecule has 0 atom stereocenters. The minimum absolute atomic E-state index is 0.271. The van der Waals surface area contributed by atoms with Gasteiger partial charge >= 0.3 is 5.97 Å². The van der Waals surface area contributed by atoms with E-state index in [2.05, 4.69) is 33.8 Å². The van der Waals surface area contributed by atoms with Crippen LogP contribution in [0, 0.1) is 27.7 Å². The first-order valence-electron chi connectivity index (χ1n) is 6.31. The molecule has 0 amide bonds. The number of rotatable bonds is 3. The van der Waals surface area contributed by atoms with Gasteiger partial charge in [-0.25, -0.2) is 4.79 Å². The zero-order valence-electron chi connectivity index (χ0n) is 12.2. The Labute approximate surface area is 110 Å². The van der Waals surface area contributed by atoms with Crippen molar-refractivity contribution < 1.29 is 9.53 Å². The minimum Gasteiger partial charge on any atom is -0.463 e. The Hall–Kier alpha value is -1.57. The van der Waals surface area contributed by atoms with Gasteiger partial charge in [0.1, 0.15) is 0 Å². The molecule has 0 bridgehead atoms. The van der Waals surface area contributed by atoms with Crippen LogP contribution in [0.15, 0.2) is 12.1 Å². The normalized spacial score (nSPS) is 11.6. The topological polar surface area (TPSA) is 26.3 Å². The Morgan fingerprint density at radius 2 is 1.78 bits per heavy atom. The summed E-state index contributed by atoms with van der Waals surface area (Å²) in [7, 11) is 0. The van der Waals surface area contributed by atoms with Gasteiger partial charge in [-0.2, -0.15) is 0 Å². The van der Waals surface area contributed by atoms with Crippen molar-refractivity contribution in [1.29, 1.82) is 0 Å². The SMILES string of the molecule is CCOC(=O)/C=C(\C)c1c(C)cc(C)c(C)c1C. The molecule has 0 saturated heterocycles. The fourth-order valence-corrected chi connectivity index (χ4v) is 2.32. The Bertz CT molecular complexity index is 496. The van der Waals surface area contributed by atoms with E-state index in [9.17, 15) is 4.79 Å². The smallest absolute Gasteiger partial charge is 0.331 e. The van der Waals surface area contributed by atoms with E-state index in [1.807, 2.05) is 13.8 Å². The molecular formula is C16H22O2. The third-order valence-corrected chi connectivity index (χ3v) is 3.37. The molecule has 0 aromatic heterocycles. The largest absolute Gasteiger partial charge is 0.463 e. The number of aryl methyl sites for hydroxylation is 2. The summed E-state index contributed by atoms with van der Waals surface area (Å²) >= 11 is 0. The maximum absolute atomic E-state index is 11.5. The Morgan fingerprint density at radius 1 is 1.17 bits per heavy atom. The monoisotopic (exact) mass is 246 g/mol. The summed E-state index contributed by atoms with van der Waals surface area (Å²) in [6.07, 6.45) is 1.58. The highest BCUT2D eigenvalue weighted by molar-refractivity contribution is 5.92. The van der Waals surface area contributed by atoms with E-state index in [0.717, 1.165) is 11.1 Å². The molecule has 0 spiro atoms. The third kappa shape index (κ3) is 3.00. The fraction of sp³-hybridized carbons (Fsp3) is 0.438. The Kier molecular flexibility index (Phi) is 4.71. The molecule has 0 N–H and O–H groups in total. The number of carbonyl (C=O) groups excluding carboxylic acids is 1. The molecule has 0 aliphatic heterocycles. The van der Waals surface area contributed by atoms with Crippen LogP contribution in [0.4, 0.5) is 0 Å². The van der Waals surface area contributed by atoms with Crippen LogP contribution < -0.4 is 0 Å². The van der Waals surface area contributed by atoms with Crippen LogP contribution in [0.1, 0.15) is 41.7 Å². The number of benzene rings is 1. The van der Waals surface area contributed by atoms with E-state index in [4.69, 9.17) is 4.74 Å². The average molecular weight is 246 g/mol. The molecule has 0 aliphatic rings. The van der Waals surface area contributed by atoms with E-state index in [1.54, 1.807) is 6.08 Å². The van der Waals surface area contributed by atoms with Crippen molar-refractivity contribution in [3.05, 3.63) is 40.0 Å². The zero-order valence-corrected chi connectivity index (χ0v) is 12.2. The van der Waals surface area contributed by atoms with Gasteiger partial charge < -0.3 is 4.74 Å². The van der Waals surface area contributed by atoms with Crippen LogP contribution in [-0.2, 0) is 9.53 Å². The predicted molar refractivity (Wildman–Crippen MR) is 75.7 cm³/mol. The molecule has 0 unspecified atom stereocenters. The van der Waals surface area contributed by atoms with Crippen molar-refractivity contribution in [3.63, 3.8) is 0 Å². The van der Waals surface area contributed by atoms with E-state index in [1.165, 1.54) is 22.3 Å². The molecule has 1 aromatic rings. The lowest BCUT2D eigenvalue weighted by Gasteiger charge is -2.15. The molecule has 98 valence electrons. The van der Waals surface area contributed by atoms with Gasteiger partial charge in [0.05, 0.1) is 6.61 Å². The van der Waals surface area contributed by atoms with E-state index < -0.39 is 0 Å². The third-order valence-electron chi connectivity index (χ3n) is 3.37. The van der Waals surface area contributed by atoms with E-state index in [0.29, 0.717) is 6.61 Å². The van der Waals surface area contributed by atoms with Gasteiger partial charge in [0.15, 0.2) is 0 Å².